The average molecular weight is 361 g/mol. The maximum atomic E-state index is 12.5. The Hall–Kier alpha value is -1.98. The number of rotatable bonds is 4. The highest BCUT2D eigenvalue weighted by Gasteiger charge is 2.35. The summed E-state index contributed by atoms with van der Waals surface area (Å²) in [7, 11) is 0. The Kier molecular flexibility index (Phi) is 5.11. The number of hydrogen-bond donors (Lipinski definition) is 1. The smallest absolute Gasteiger partial charge is 0.229 e. The van der Waals surface area contributed by atoms with Crippen molar-refractivity contribution in [3.63, 3.8) is 0 Å². The normalized spacial score (nSPS) is 17.2. The molecule has 1 aliphatic heterocycles. The third kappa shape index (κ3) is 3.57. The molecule has 1 N–H and O–H groups in total. The number of carbonyl (C=O) groups is 2. The molecular formula is C18H17ClN2O2S. The van der Waals surface area contributed by atoms with Crippen LogP contribution in [-0.2, 0) is 9.59 Å². The number of halogens is 1. The molecule has 3 rings (SSSR count). The first kappa shape index (κ1) is 16.9. The van der Waals surface area contributed by atoms with Crippen molar-refractivity contribution in [3.05, 3.63) is 53.6 Å². The largest absolute Gasteiger partial charge is 0.325 e. The molecule has 0 spiro atoms. The van der Waals surface area contributed by atoms with Gasteiger partial charge in [-0.15, -0.1) is 11.8 Å². The van der Waals surface area contributed by atoms with E-state index in [1.807, 2.05) is 30.5 Å². The van der Waals surface area contributed by atoms with Crippen LogP contribution in [-0.4, -0.2) is 24.6 Å². The molecule has 1 atom stereocenters. The van der Waals surface area contributed by atoms with Crippen molar-refractivity contribution in [2.24, 2.45) is 5.92 Å². The van der Waals surface area contributed by atoms with Gasteiger partial charge in [-0.05, 0) is 42.7 Å². The summed E-state index contributed by atoms with van der Waals surface area (Å²) in [5.74, 6) is -0.528. The molecule has 0 bridgehead atoms. The fraction of sp³-hybridized carbons (Fsp3) is 0.222. The third-order valence-electron chi connectivity index (χ3n) is 4.00. The predicted octanol–water partition coefficient (Wildman–Crippen LogP) is 4.05. The molecule has 2 aromatic rings. The van der Waals surface area contributed by atoms with Gasteiger partial charge >= 0.3 is 0 Å². The lowest BCUT2D eigenvalue weighted by Crippen LogP contribution is -2.28. The molecule has 2 aromatic carbocycles. The topological polar surface area (TPSA) is 49.4 Å². The van der Waals surface area contributed by atoms with Gasteiger partial charge in [-0.2, -0.15) is 0 Å². The number of hydrogen-bond acceptors (Lipinski definition) is 3. The van der Waals surface area contributed by atoms with Gasteiger partial charge in [0.15, 0.2) is 0 Å². The van der Waals surface area contributed by atoms with Gasteiger partial charge in [-0.25, -0.2) is 0 Å². The monoisotopic (exact) mass is 360 g/mol. The number of nitrogens with zero attached hydrogens (tertiary/aromatic N) is 1. The third-order valence-corrected chi connectivity index (χ3v) is 5.05. The Bertz CT molecular complexity index is 764. The van der Waals surface area contributed by atoms with E-state index in [0.29, 0.717) is 11.6 Å². The zero-order chi connectivity index (χ0) is 17.1. The standard InChI is InChI=1S/C18H17ClN2O2S/c1-24-16-5-3-2-4-15(16)20-18(23)12-10-17(22)21(11-12)14-8-6-13(19)7-9-14/h2-9,12H,10-11H2,1H3,(H,20,23)/t12-/m1/s1. The van der Waals surface area contributed by atoms with Crippen LogP contribution in [0.25, 0.3) is 0 Å². The van der Waals surface area contributed by atoms with Gasteiger partial charge < -0.3 is 10.2 Å². The van der Waals surface area contributed by atoms with Crippen LogP contribution < -0.4 is 10.2 Å². The Balaban J connectivity index is 1.71. The van der Waals surface area contributed by atoms with Crippen LogP contribution in [0.3, 0.4) is 0 Å². The molecule has 0 radical (unpaired) electrons. The molecule has 6 heteroatoms. The van der Waals surface area contributed by atoms with Crippen molar-refractivity contribution >= 4 is 46.6 Å². The SMILES string of the molecule is CSc1ccccc1NC(=O)[C@@H]1CC(=O)N(c2ccc(Cl)cc2)C1. The number of anilines is 2. The first-order valence-electron chi connectivity index (χ1n) is 7.58. The minimum absolute atomic E-state index is 0.0457. The van der Waals surface area contributed by atoms with Gasteiger partial charge in [0, 0.05) is 28.6 Å². The lowest BCUT2D eigenvalue weighted by Gasteiger charge is -2.17. The maximum Gasteiger partial charge on any atom is 0.229 e. The van der Waals surface area contributed by atoms with Crippen LogP contribution in [0.5, 0.6) is 0 Å². The Morgan fingerprint density at radius 3 is 2.62 bits per heavy atom. The molecule has 0 aromatic heterocycles. The van der Waals surface area contributed by atoms with Crippen LogP contribution in [0.15, 0.2) is 53.4 Å². The highest BCUT2D eigenvalue weighted by atomic mass is 35.5. The van der Waals surface area contributed by atoms with Gasteiger partial charge in [-0.1, -0.05) is 23.7 Å². The predicted molar refractivity (Wildman–Crippen MR) is 98.8 cm³/mol. The molecule has 0 unspecified atom stereocenters. The van der Waals surface area contributed by atoms with Crippen LogP contribution >= 0.6 is 23.4 Å². The summed E-state index contributed by atoms with van der Waals surface area (Å²) >= 11 is 7.46. The summed E-state index contributed by atoms with van der Waals surface area (Å²) in [5.41, 5.74) is 1.55. The van der Waals surface area contributed by atoms with Gasteiger partial charge in [-0.3, -0.25) is 9.59 Å². The number of nitrogens with one attached hydrogen (secondary N) is 1. The van der Waals surface area contributed by atoms with Crippen molar-refractivity contribution in [2.75, 3.05) is 23.0 Å². The second-order valence-corrected chi connectivity index (χ2v) is 6.86. The van der Waals surface area contributed by atoms with E-state index in [9.17, 15) is 9.59 Å². The fourth-order valence-electron chi connectivity index (χ4n) is 2.74. The first-order chi connectivity index (χ1) is 11.6. The Morgan fingerprint density at radius 1 is 1.21 bits per heavy atom. The van der Waals surface area contributed by atoms with E-state index in [0.717, 1.165) is 16.3 Å². The summed E-state index contributed by atoms with van der Waals surface area (Å²) < 4.78 is 0. The molecular weight excluding hydrogens is 344 g/mol. The number of thioether (sulfide) groups is 1. The Labute approximate surface area is 150 Å². The van der Waals surface area contributed by atoms with Crippen LogP contribution in [0, 0.1) is 5.92 Å². The summed E-state index contributed by atoms with van der Waals surface area (Å²) in [5, 5.41) is 3.56. The molecule has 24 heavy (non-hydrogen) atoms. The van der Waals surface area contributed by atoms with E-state index >= 15 is 0 Å². The van der Waals surface area contributed by atoms with Crippen molar-refractivity contribution in [1.29, 1.82) is 0 Å². The lowest BCUT2D eigenvalue weighted by molar-refractivity contribution is -0.122. The number of para-hydroxylation sites is 1. The lowest BCUT2D eigenvalue weighted by atomic mass is 10.1. The second kappa shape index (κ2) is 7.28. The summed E-state index contributed by atoms with van der Waals surface area (Å²) in [6.07, 6.45) is 2.18. The van der Waals surface area contributed by atoms with Gasteiger partial charge in [0.2, 0.25) is 11.8 Å². The minimum Gasteiger partial charge on any atom is -0.325 e. The van der Waals surface area contributed by atoms with E-state index in [2.05, 4.69) is 5.32 Å². The van der Waals surface area contributed by atoms with E-state index in [1.54, 1.807) is 40.9 Å². The van der Waals surface area contributed by atoms with Crippen molar-refractivity contribution in [2.45, 2.75) is 11.3 Å². The quantitative estimate of drug-likeness (QED) is 0.837. The summed E-state index contributed by atoms with van der Waals surface area (Å²) in [6, 6.07) is 14.7. The van der Waals surface area contributed by atoms with E-state index < -0.39 is 0 Å². The van der Waals surface area contributed by atoms with E-state index in [1.165, 1.54) is 0 Å². The highest BCUT2D eigenvalue weighted by molar-refractivity contribution is 7.98. The highest BCUT2D eigenvalue weighted by Crippen LogP contribution is 2.29. The van der Waals surface area contributed by atoms with E-state index in [-0.39, 0.29) is 24.2 Å². The van der Waals surface area contributed by atoms with Crippen LogP contribution in [0.2, 0.25) is 5.02 Å². The average Bonchev–Trinajstić information content (AvgIpc) is 2.98. The molecule has 0 saturated carbocycles. The number of benzene rings is 2. The number of carbonyl (C=O) groups excluding carboxylic acids is 2. The van der Waals surface area contributed by atoms with Crippen molar-refractivity contribution in [1.82, 2.24) is 0 Å². The summed E-state index contributed by atoms with van der Waals surface area (Å²) in [4.78, 5) is 27.4. The Morgan fingerprint density at radius 2 is 1.92 bits per heavy atom. The van der Waals surface area contributed by atoms with Crippen molar-refractivity contribution in [3.8, 4) is 0 Å². The van der Waals surface area contributed by atoms with Crippen LogP contribution in [0.4, 0.5) is 11.4 Å². The van der Waals surface area contributed by atoms with Gasteiger partial charge in [0.05, 0.1) is 11.6 Å². The zero-order valence-electron chi connectivity index (χ0n) is 13.2. The zero-order valence-corrected chi connectivity index (χ0v) is 14.7. The molecule has 0 aliphatic carbocycles. The van der Waals surface area contributed by atoms with Crippen molar-refractivity contribution < 1.29 is 9.59 Å². The first-order valence-corrected chi connectivity index (χ1v) is 9.18. The van der Waals surface area contributed by atoms with E-state index in [4.69, 9.17) is 11.6 Å². The maximum absolute atomic E-state index is 12.5. The molecule has 1 aliphatic rings. The van der Waals surface area contributed by atoms with Crippen LogP contribution in [0.1, 0.15) is 6.42 Å². The van der Waals surface area contributed by atoms with Gasteiger partial charge in [0.25, 0.3) is 0 Å². The fourth-order valence-corrected chi connectivity index (χ4v) is 3.42. The molecule has 1 saturated heterocycles. The molecule has 1 heterocycles. The second-order valence-electron chi connectivity index (χ2n) is 5.57. The number of amides is 2. The molecule has 124 valence electrons. The molecule has 2 amide bonds. The summed E-state index contributed by atoms with van der Waals surface area (Å²) in [6.45, 7) is 0.383. The molecule has 4 nitrogen and oxygen atoms in total. The van der Waals surface area contributed by atoms with Gasteiger partial charge in [0.1, 0.15) is 0 Å². The molecule has 1 fully saturated rings. The minimum atomic E-state index is -0.358.